The fourth-order valence-corrected chi connectivity index (χ4v) is 11.0. The Morgan fingerprint density at radius 1 is 0.292 bits per heavy atom. The number of carbonyl (C=O) groups excluding carboxylic acids is 4. The zero-order chi connectivity index (χ0) is 64.4. The quantitative estimate of drug-likeness (QED) is 0.0272. The molecule has 4 N–H and O–H groups in total. The zero-order valence-corrected chi connectivity index (χ0v) is 58.1. The molecule has 1 heterocycles. The number of esters is 4. The molecule has 0 spiro atoms. The van der Waals surface area contributed by atoms with Crippen LogP contribution in [0.3, 0.4) is 0 Å². The Morgan fingerprint density at radius 2 is 0.494 bits per heavy atom. The van der Waals surface area contributed by atoms with Crippen molar-refractivity contribution in [2.75, 3.05) is 108 Å². The van der Waals surface area contributed by atoms with Crippen LogP contribution in [0.15, 0.2) is 0 Å². The van der Waals surface area contributed by atoms with Gasteiger partial charge in [-0.2, -0.15) is 15.0 Å². The average Bonchev–Trinajstić information content (AvgIpc) is 3.72. The highest BCUT2D eigenvalue weighted by Gasteiger charge is 2.16. The Kier molecular flexibility index (Phi) is 61.4. The van der Waals surface area contributed by atoms with Crippen molar-refractivity contribution in [3.05, 3.63) is 0 Å². The molecule has 0 aliphatic carbocycles. The van der Waals surface area contributed by atoms with Crippen molar-refractivity contribution in [1.29, 1.82) is 0 Å². The van der Waals surface area contributed by atoms with E-state index in [1.165, 1.54) is 205 Å². The molecule has 1 aromatic heterocycles. The maximum absolute atomic E-state index is 12.9. The lowest BCUT2D eigenvalue weighted by Gasteiger charge is -2.22. The fraction of sp³-hybridized carbons (Fsp3) is 0.903. The number of unbranched alkanes of at least 4 members (excludes halogenated alkanes) is 36. The van der Waals surface area contributed by atoms with E-state index < -0.39 is 0 Å². The van der Waals surface area contributed by atoms with E-state index in [0.29, 0.717) is 122 Å². The third-order valence-corrected chi connectivity index (χ3v) is 16.7. The Balaban J connectivity index is 2.85. The van der Waals surface area contributed by atoms with Crippen LogP contribution in [0.1, 0.15) is 329 Å². The number of ether oxygens (including phenoxy) is 4. The minimum Gasteiger partial charge on any atom is -0.466 e. The smallest absolute Gasteiger partial charge is 0.307 e. The van der Waals surface area contributed by atoms with E-state index in [1.54, 1.807) is 0 Å². The molecule has 0 saturated heterocycles. The first-order valence-electron chi connectivity index (χ1n) is 37.4. The van der Waals surface area contributed by atoms with Gasteiger partial charge in [0.15, 0.2) is 0 Å². The highest BCUT2D eigenvalue weighted by molar-refractivity contribution is 5.71. The number of hydrogen-bond donors (Lipinski definition) is 4. The van der Waals surface area contributed by atoms with Crippen LogP contribution in [-0.4, -0.2) is 146 Å². The van der Waals surface area contributed by atoms with Gasteiger partial charge in [-0.3, -0.25) is 19.2 Å². The van der Waals surface area contributed by atoms with Gasteiger partial charge in [-0.1, -0.05) is 259 Å². The molecule has 0 atom stereocenters. The first kappa shape index (κ1) is 83.2. The SMILES string of the molecule is CCCCCCCCCCCCOC(=O)CCN(CCCNc1nc(NCCCO)nc(NCCCN(CCC(=O)OCCCCCCCCCCCC)CCC(=O)OCCCCCCCCCCCC)n1)CCC(=O)OCCCCCCCCCCCC. The fourth-order valence-electron chi connectivity index (χ4n) is 11.0. The predicted molar refractivity (Wildman–Crippen MR) is 369 cm³/mol. The standard InChI is InChI=1S/C72H138N8O9/c1-5-9-13-17-21-25-29-33-37-41-62-86-66(82)48-57-79(58-49-67(83)87-63-42-38-34-30-26-22-18-14-10-6-2)55-45-52-73-70-76-71(78-72(77-70)75-54-47-61-81)74-53-46-56-80(59-50-68(84)88-64-43-39-35-31-27-23-19-15-11-7-3)60-51-69(85)89-65-44-40-36-32-28-24-20-16-12-8-4/h81H,5-65H2,1-4H3,(H3,73,74,75,76,77,78). The summed E-state index contributed by atoms with van der Waals surface area (Å²) in [6.07, 6.45) is 51.8. The number of aliphatic hydroxyl groups is 1. The lowest BCUT2D eigenvalue weighted by molar-refractivity contribution is -0.146. The Morgan fingerprint density at radius 3 is 0.708 bits per heavy atom. The van der Waals surface area contributed by atoms with Gasteiger partial charge in [0, 0.05) is 52.4 Å². The van der Waals surface area contributed by atoms with Crippen LogP contribution in [0, 0.1) is 0 Å². The second-order valence-electron chi connectivity index (χ2n) is 25.2. The highest BCUT2D eigenvalue weighted by atomic mass is 16.5. The van der Waals surface area contributed by atoms with Crippen molar-refractivity contribution in [3.63, 3.8) is 0 Å². The van der Waals surface area contributed by atoms with Crippen molar-refractivity contribution < 1.29 is 43.2 Å². The number of hydrogen-bond acceptors (Lipinski definition) is 17. The molecule has 0 radical (unpaired) electrons. The highest BCUT2D eigenvalue weighted by Crippen LogP contribution is 2.16. The van der Waals surface area contributed by atoms with Crippen LogP contribution in [0.4, 0.5) is 17.8 Å². The molecule has 1 aromatic rings. The zero-order valence-electron chi connectivity index (χ0n) is 58.1. The van der Waals surface area contributed by atoms with E-state index in [1.807, 2.05) is 0 Å². The number of carbonyl (C=O) groups is 4. The molecule has 0 bridgehead atoms. The van der Waals surface area contributed by atoms with Crippen LogP contribution in [0.5, 0.6) is 0 Å². The van der Waals surface area contributed by atoms with Gasteiger partial charge in [0.1, 0.15) is 0 Å². The normalized spacial score (nSPS) is 11.4. The van der Waals surface area contributed by atoms with Crippen LogP contribution in [0.25, 0.3) is 0 Å². The molecule has 0 aliphatic rings. The van der Waals surface area contributed by atoms with Crippen molar-refractivity contribution >= 4 is 41.7 Å². The molecule has 89 heavy (non-hydrogen) atoms. The summed E-state index contributed by atoms with van der Waals surface area (Å²) >= 11 is 0. The average molecular weight is 1260 g/mol. The molecule has 0 saturated carbocycles. The molecule has 0 aliphatic heterocycles. The van der Waals surface area contributed by atoms with Crippen LogP contribution < -0.4 is 16.0 Å². The van der Waals surface area contributed by atoms with Gasteiger partial charge in [0.25, 0.3) is 0 Å². The van der Waals surface area contributed by atoms with E-state index in [4.69, 9.17) is 23.9 Å². The van der Waals surface area contributed by atoms with Crippen molar-refractivity contribution in [2.45, 2.75) is 329 Å². The van der Waals surface area contributed by atoms with Gasteiger partial charge in [-0.15, -0.1) is 0 Å². The van der Waals surface area contributed by atoms with Crippen molar-refractivity contribution in [1.82, 2.24) is 24.8 Å². The number of anilines is 3. The van der Waals surface area contributed by atoms with Gasteiger partial charge in [0.05, 0.1) is 52.1 Å². The molecule has 0 amide bonds. The molecule has 0 fully saturated rings. The van der Waals surface area contributed by atoms with Gasteiger partial charge >= 0.3 is 23.9 Å². The molecule has 17 nitrogen and oxygen atoms in total. The monoisotopic (exact) mass is 1260 g/mol. The summed E-state index contributed by atoms with van der Waals surface area (Å²) in [6, 6.07) is 0. The van der Waals surface area contributed by atoms with E-state index in [2.05, 4.69) is 63.4 Å². The second-order valence-corrected chi connectivity index (χ2v) is 25.2. The van der Waals surface area contributed by atoms with Crippen LogP contribution in [-0.2, 0) is 38.1 Å². The Bertz CT molecular complexity index is 1550. The summed E-state index contributed by atoms with van der Waals surface area (Å²) < 4.78 is 22.6. The molecule has 0 aromatic carbocycles. The summed E-state index contributed by atoms with van der Waals surface area (Å²) in [5, 5.41) is 19.4. The summed E-state index contributed by atoms with van der Waals surface area (Å²) in [4.78, 5) is 70.0. The minimum absolute atomic E-state index is 0.0314. The van der Waals surface area contributed by atoms with Crippen LogP contribution >= 0.6 is 0 Å². The third kappa shape index (κ3) is 57.8. The van der Waals surface area contributed by atoms with Gasteiger partial charge in [0.2, 0.25) is 17.8 Å². The number of aromatic nitrogens is 3. The summed E-state index contributed by atoms with van der Waals surface area (Å²) in [5.41, 5.74) is 0. The maximum Gasteiger partial charge on any atom is 0.307 e. The molecule has 17 heteroatoms. The van der Waals surface area contributed by atoms with Crippen LogP contribution in [0.2, 0.25) is 0 Å². The number of rotatable bonds is 70. The predicted octanol–water partition coefficient (Wildman–Crippen LogP) is 17.3. The first-order valence-corrected chi connectivity index (χ1v) is 37.4. The second kappa shape index (κ2) is 65.7. The van der Waals surface area contributed by atoms with Crippen molar-refractivity contribution in [2.24, 2.45) is 0 Å². The molecule has 520 valence electrons. The Labute approximate surface area is 544 Å². The van der Waals surface area contributed by atoms with Crippen molar-refractivity contribution in [3.8, 4) is 0 Å². The first-order chi connectivity index (χ1) is 43.7. The lowest BCUT2D eigenvalue weighted by atomic mass is 10.1. The minimum atomic E-state index is -0.212. The van der Waals surface area contributed by atoms with Gasteiger partial charge in [-0.25, -0.2) is 0 Å². The summed E-state index contributed by atoms with van der Waals surface area (Å²) in [7, 11) is 0. The number of aliphatic hydroxyl groups excluding tert-OH is 1. The number of nitrogens with one attached hydrogen (secondary N) is 3. The van der Waals surface area contributed by atoms with E-state index >= 15 is 0 Å². The van der Waals surface area contributed by atoms with E-state index in [-0.39, 0.29) is 56.2 Å². The number of nitrogens with zero attached hydrogens (tertiary/aromatic N) is 5. The largest absolute Gasteiger partial charge is 0.466 e. The molecule has 1 rings (SSSR count). The molecular formula is C72H138N8O9. The third-order valence-electron chi connectivity index (χ3n) is 16.7. The summed E-state index contributed by atoms with van der Waals surface area (Å²) in [5.74, 6) is 0.309. The molecular weight excluding hydrogens is 1120 g/mol. The molecule has 0 unspecified atom stereocenters. The summed E-state index contributed by atoms with van der Waals surface area (Å²) in [6.45, 7) is 15.5. The lowest BCUT2D eigenvalue weighted by Crippen LogP contribution is -2.32. The van der Waals surface area contributed by atoms with E-state index in [0.717, 1.165) is 51.4 Å². The topological polar surface area (TPSA) is 207 Å². The Hall–Kier alpha value is -3.83. The van der Waals surface area contributed by atoms with E-state index in [9.17, 15) is 24.3 Å². The maximum atomic E-state index is 12.9. The van der Waals surface area contributed by atoms with Gasteiger partial charge < -0.3 is 49.8 Å². The van der Waals surface area contributed by atoms with Gasteiger partial charge in [-0.05, 0) is 58.0 Å².